The van der Waals surface area contributed by atoms with Crippen molar-refractivity contribution < 1.29 is 9.53 Å². The van der Waals surface area contributed by atoms with Crippen LogP contribution >= 0.6 is 11.8 Å². The number of thioether (sulfide) groups is 1. The molecule has 0 aliphatic rings. The minimum Gasteiger partial charge on any atom is -0.383 e. The van der Waals surface area contributed by atoms with Crippen LogP contribution in [0, 0.1) is 0 Å². The van der Waals surface area contributed by atoms with Gasteiger partial charge in [0.25, 0.3) is 5.91 Å². The van der Waals surface area contributed by atoms with Crippen LogP contribution in [-0.2, 0) is 10.5 Å². The van der Waals surface area contributed by atoms with Crippen molar-refractivity contribution in [2.75, 3.05) is 20.3 Å². The largest absolute Gasteiger partial charge is 0.383 e. The molecule has 9 heteroatoms. The summed E-state index contributed by atoms with van der Waals surface area (Å²) >= 11 is 1.42. The quantitative estimate of drug-likeness (QED) is 0.366. The van der Waals surface area contributed by atoms with Gasteiger partial charge in [0.1, 0.15) is 0 Å². The number of carbonyl (C=O) groups excluding carboxylic acids is 1. The van der Waals surface area contributed by atoms with E-state index in [9.17, 15) is 4.79 Å². The normalized spacial score (nSPS) is 10.7. The number of nitrogens with zero attached hydrogens (tertiary/aromatic N) is 5. The molecule has 2 aromatic heterocycles. The van der Waals surface area contributed by atoms with Crippen molar-refractivity contribution in [2.24, 2.45) is 0 Å². The van der Waals surface area contributed by atoms with Gasteiger partial charge in [-0.15, -0.1) is 5.10 Å². The fourth-order valence-corrected chi connectivity index (χ4v) is 3.02. The van der Waals surface area contributed by atoms with Crippen LogP contribution in [0.25, 0.3) is 5.69 Å². The van der Waals surface area contributed by atoms with Crippen molar-refractivity contribution in [2.45, 2.75) is 10.9 Å². The molecule has 3 aromatic rings. The maximum Gasteiger partial charge on any atom is 0.273 e. The summed E-state index contributed by atoms with van der Waals surface area (Å²) in [5, 5.41) is 11.7. The first-order valence-electron chi connectivity index (χ1n) is 7.96. The molecule has 8 nitrogen and oxygen atoms in total. The van der Waals surface area contributed by atoms with E-state index >= 15 is 0 Å². The van der Waals surface area contributed by atoms with Crippen LogP contribution in [0.2, 0.25) is 0 Å². The molecule has 2 heterocycles. The molecule has 0 unspecified atom stereocenters. The van der Waals surface area contributed by atoms with E-state index in [0.29, 0.717) is 29.8 Å². The van der Waals surface area contributed by atoms with Crippen LogP contribution in [-0.4, -0.2) is 51.1 Å². The third-order valence-corrected chi connectivity index (χ3v) is 4.34. The molecule has 3 rings (SSSR count). The summed E-state index contributed by atoms with van der Waals surface area (Å²) in [6.45, 7) is 0.836. The minimum atomic E-state index is -0.284. The van der Waals surface area contributed by atoms with Crippen molar-refractivity contribution >= 4 is 17.7 Å². The van der Waals surface area contributed by atoms with E-state index in [-0.39, 0.29) is 11.6 Å². The minimum absolute atomic E-state index is 0.284. The van der Waals surface area contributed by atoms with E-state index in [0.717, 1.165) is 5.69 Å². The topological polar surface area (TPSA) is 94.8 Å². The highest BCUT2D eigenvalue weighted by atomic mass is 32.2. The molecule has 0 radical (unpaired) electrons. The lowest BCUT2D eigenvalue weighted by Crippen LogP contribution is -2.28. The van der Waals surface area contributed by atoms with Crippen molar-refractivity contribution in [3.05, 3.63) is 60.2 Å². The van der Waals surface area contributed by atoms with Gasteiger partial charge in [-0.1, -0.05) is 35.2 Å². The number of carbonyl (C=O) groups is 1. The van der Waals surface area contributed by atoms with Gasteiger partial charge in [0, 0.05) is 31.8 Å². The van der Waals surface area contributed by atoms with Crippen LogP contribution in [0.1, 0.15) is 16.2 Å². The fourth-order valence-electron chi connectivity index (χ4n) is 2.23. The molecule has 1 aromatic carbocycles. The zero-order chi connectivity index (χ0) is 18.2. The number of amides is 1. The first kappa shape index (κ1) is 18.0. The summed E-state index contributed by atoms with van der Waals surface area (Å²) in [5.74, 6) is 0.174. The molecule has 0 aliphatic heterocycles. The molecule has 0 atom stereocenters. The number of hydrogen-bond donors (Lipinski definition) is 1. The molecule has 0 spiro atoms. The Morgan fingerprint density at radius 3 is 2.69 bits per heavy atom. The zero-order valence-electron chi connectivity index (χ0n) is 14.2. The number of hydrogen-bond acceptors (Lipinski definition) is 7. The third kappa shape index (κ3) is 4.44. The maximum absolute atomic E-state index is 12.5. The van der Waals surface area contributed by atoms with Crippen LogP contribution in [0.3, 0.4) is 0 Å². The third-order valence-electron chi connectivity index (χ3n) is 3.45. The Bertz CT molecular complexity index is 841. The monoisotopic (exact) mass is 370 g/mol. The highest BCUT2D eigenvalue weighted by Crippen LogP contribution is 2.22. The molecule has 0 saturated heterocycles. The summed E-state index contributed by atoms with van der Waals surface area (Å²) in [7, 11) is 1.58. The van der Waals surface area contributed by atoms with Crippen molar-refractivity contribution in [1.29, 1.82) is 0 Å². The van der Waals surface area contributed by atoms with Gasteiger partial charge in [-0.25, -0.2) is 14.6 Å². The van der Waals surface area contributed by atoms with Gasteiger partial charge in [0.15, 0.2) is 10.9 Å². The summed E-state index contributed by atoms with van der Waals surface area (Å²) in [6, 6.07) is 11.3. The Kier molecular flexibility index (Phi) is 6.29. The van der Waals surface area contributed by atoms with E-state index in [1.54, 1.807) is 30.3 Å². The molecule has 1 amide bonds. The zero-order valence-corrected chi connectivity index (χ0v) is 15.0. The molecular formula is C17H18N6O2S. The van der Waals surface area contributed by atoms with Crippen molar-refractivity contribution in [3.8, 4) is 5.69 Å². The van der Waals surface area contributed by atoms with Gasteiger partial charge in [-0.3, -0.25) is 4.79 Å². The Morgan fingerprint density at radius 2 is 1.96 bits per heavy atom. The van der Waals surface area contributed by atoms with E-state index in [2.05, 4.69) is 25.6 Å². The highest BCUT2D eigenvalue weighted by Gasteiger charge is 2.21. The maximum atomic E-state index is 12.5. The smallest absolute Gasteiger partial charge is 0.273 e. The summed E-state index contributed by atoms with van der Waals surface area (Å²) < 4.78 is 6.63. The SMILES string of the molecule is COCCNC(=O)c1nnn(-c2ccccc2)c1CSc1ncccn1. The lowest BCUT2D eigenvalue weighted by Gasteiger charge is -2.08. The summed E-state index contributed by atoms with van der Waals surface area (Å²) in [5.41, 5.74) is 1.80. The molecule has 0 saturated carbocycles. The van der Waals surface area contributed by atoms with Crippen LogP contribution in [0.4, 0.5) is 0 Å². The molecule has 0 aliphatic carbocycles. The Balaban J connectivity index is 1.86. The number of benzene rings is 1. The van der Waals surface area contributed by atoms with E-state index < -0.39 is 0 Å². The molecule has 1 N–H and O–H groups in total. The number of para-hydroxylation sites is 1. The molecule has 26 heavy (non-hydrogen) atoms. The second kappa shape index (κ2) is 9.07. The second-order valence-corrected chi connectivity index (χ2v) is 6.14. The lowest BCUT2D eigenvalue weighted by molar-refractivity contribution is 0.0931. The highest BCUT2D eigenvalue weighted by molar-refractivity contribution is 7.98. The number of ether oxygens (including phenoxy) is 1. The Hall–Kier alpha value is -2.78. The van der Waals surface area contributed by atoms with Gasteiger partial charge >= 0.3 is 0 Å². The van der Waals surface area contributed by atoms with Gasteiger partial charge < -0.3 is 10.1 Å². The average Bonchev–Trinajstić information content (AvgIpc) is 3.12. The van der Waals surface area contributed by atoms with Crippen molar-refractivity contribution in [3.63, 3.8) is 0 Å². The predicted molar refractivity (Wildman–Crippen MR) is 97.2 cm³/mol. The van der Waals surface area contributed by atoms with Crippen LogP contribution < -0.4 is 5.32 Å². The second-order valence-electron chi connectivity index (χ2n) is 5.20. The van der Waals surface area contributed by atoms with Crippen LogP contribution in [0.15, 0.2) is 53.9 Å². The van der Waals surface area contributed by atoms with E-state index in [1.165, 1.54) is 11.8 Å². The Labute approximate surface area is 155 Å². The van der Waals surface area contributed by atoms with E-state index in [4.69, 9.17) is 4.74 Å². The number of methoxy groups -OCH3 is 1. The standard InChI is InChI=1S/C17H18N6O2S/c1-25-11-10-18-16(24)15-14(12-26-17-19-8-5-9-20-17)23(22-21-15)13-6-3-2-4-7-13/h2-9H,10-12H2,1H3,(H,18,24). The van der Waals surface area contributed by atoms with Crippen LogP contribution in [0.5, 0.6) is 0 Å². The number of nitrogens with one attached hydrogen (secondary N) is 1. The summed E-state index contributed by atoms with van der Waals surface area (Å²) in [6.07, 6.45) is 3.36. The van der Waals surface area contributed by atoms with E-state index in [1.807, 2.05) is 30.3 Å². The first-order chi connectivity index (χ1) is 12.8. The number of rotatable bonds is 8. The predicted octanol–water partition coefficient (Wildman–Crippen LogP) is 1.73. The van der Waals surface area contributed by atoms with Gasteiger partial charge in [-0.05, 0) is 18.2 Å². The molecule has 134 valence electrons. The molecule has 0 fully saturated rings. The lowest BCUT2D eigenvalue weighted by atomic mass is 10.3. The molecule has 0 bridgehead atoms. The fraction of sp³-hybridized carbons (Fsp3) is 0.235. The Morgan fingerprint density at radius 1 is 1.19 bits per heavy atom. The average molecular weight is 370 g/mol. The van der Waals surface area contributed by atoms with Gasteiger partial charge in [-0.2, -0.15) is 0 Å². The first-order valence-corrected chi connectivity index (χ1v) is 8.95. The van der Waals surface area contributed by atoms with Gasteiger partial charge in [0.2, 0.25) is 0 Å². The summed E-state index contributed by atoms with van der Waals surface area (Å²) in [4.78, 5) is 20.9. The number of aromatic nitrogens is 5. The molecular weight excluding hydrogens is 352 g/mol. The van der Waals surface area contributed by atoms with Crippen molar-refractivity contribution in [1.82, 2.24) is 30.3 Å². The van der Waals surface area contributed by atoms with Gasteiger partial charge in [0.05, 0.1) is 18.0 Å².